The third kappa shape index (κ3) is 12.3. The van der Waals surface area contributed by atoms with Crippen molar-refractivity contribution in [2.75, 3.05) is 18.4 Å². The average Bonchev–Trinajstić information content (AvgIpc) is 3.62. The van der Waals surface area contributed by atoms with Gasteiger partial charge in [-0.3, -0.25) is 19.2 Å². The summed E-state index contributed by atoms with van der Waals surface area (Å²) >= 11 is 0. The predicted molar refractivity (Wildman–Crippen MR) is 252 cm³/mol. The van der Waals surface area contributed by atoms with Gasteiger partial charge < -0.3 is 21.1 Å². The molecule has 3 aliphatic rings. The van der Waals surface area contributed by atoms with E-state index in [1.165, 1.54) is 33.7 Å². The number of aliphatic carboxylic acids is 1. The van der Waals surface area contributed by atoms with Crippen molar-refractivity contribution < 1.29 is 28.9 Å². The summed E-state index contributed by atoms with van der Waals surface area (Å²) in [7, 11) is 0. The van der Waals surface area contributed by atoms with Gasteiger partial charge in [0.15, 0.2) is 5.71 Å². The Labute approximate surface area is 371 Å². The molecular formula is C53H73N4O5+. The zero-order valence-electron chi connectivity index (χ0n) is 38.4. The number of benzene rings is 2. The lowest BCUT2D eigenvalue weighted by Crippen LogP contribution is -2.47. The van der Waals surface area contributed by atoms with Crippen molar-refractivity contribution in [3.8, 4) is 0 Å². The lowest BCUT2D eigenvalue weighted by Gasteiger charge is -2.35. The fourth-order valence-corrected chi connectivity index (χ4v) is 9.59. The number of hydrogen-bond donors (Lipinski definition) is 4. The Kier molecular flexibility index (Phi) is 17.7. The van der Waals surface area contributed by atoms with Crippen LogP contribution in [0.15, 0.2) is 84.6 Å². The van der Waals surface area contributed by atoms with Crippen molar-refractivity contribution in [3.05, 3.63) is 107 Å². The van der Waals surface area contributed by atoms with Gasteiger partial charge in [0.05, 0.1) is 5.41 Å². The van der Waals surface area contributed by atoms with Crippen molar-refractivity contribution in [2.24, 2.45) is 5.92 Å². The van der Waals surface area contributed by atoms with Crippen molar-refractivity contribution in [3.63, 3.8) is 0 Å². The zero-order valence-corrected chi connectivity index (χ0v) is 38.4. The number of anilines is 1. The van der Waals surface area contributed by atoms with Crippen LogP contribution in [0, 0.1) is 19.8 Å². The number of aryl methyl sites for hydroxylation is 2. The second-order valence-corrected chi connectivity index (χ2v) is 18.5. The van der Waals surface area contributed by atoms with Gasteiger partial charge in [-0.1, -0.05) is 98.7 Å². The number of amides is 2. The van der Waals surface area contributed by atoms with E-state index in [0.717, 1.165) is 62.9 Å². The monoisotopic (exact) mass is 846 g/mol. The number of allylic oxidation sites excluding steroid dienone is 8. The Hall–Kier alpha value is -5.05. The van der Waals surface area contributed by atoms with Crippen LogP contribution >= 0.6 is 0 Å². The molecule has 0 aliphatic carbocycles. The number of fused-ring (bicyclic) bond motifs is 5. The van der Waals surface area contributed by atoms with E-state index in [4.69, 9.17) is 5.11 Å². The highest BCUT2D eigenvalue weighted by molar-refractivity contribution is 6.03. The highest BCUT2D eigenvalue weighted by atomic mass is 16.4. The van der Waals surface area contributed by atoms with Gasteiger partial charge in [-0.2, -0.15) is 4.58 Å². The number of carboxylic acid groups (broad SMARTS) is 1. The molecule has 0 spiro atoms. The van der Waals surface area contributed by atoms with Crippen molar-refractivity contribution >= 4 is 40.7 Å². The number of hydrogen-bond acceptors (Lipinski definition) is 5. The summed E-state index contributed by atoms with van der Waals surface area (Å²) in [5.41, 5.74) is 8.76. The van der Waals surface area contributed by atoms with Crippen LogP contribution in [0.3, 0.4) is 0 Å². The number of ketones is 1. The Morgan fingerprint density at radius 2 is 1.53 bits per heavy atom. The Morgan fingerprint density at radius 3 is 2.31 bits per heavy atom. The van der Waals surface area contributed by atoms with Gasteiger partial charge in [0.2, 0.25) is 17.5 Å². The van der Waals surface area contributed by atoms with Gasteiger partial charge in [-0.15, -0.1) is 0 Å². The van der Waals surface area contributed by atoms with Crippen LogP contribution < -0.4 is 16.0 Å². The van der Waals surface area contributed by atoms with Gasteiger partial charge >= 0.3 is 5.97 Å². The molecule has 0 saturated heterocycles. The molecule has 334 valence electrons. The average molecular weight is 846 g/mol. The maximum Gasteiger partial charge on any atom is 0.303 e. The maximum absolute atomic E-state index is 14.4. The molecule has 62 heavy (non-hydrogen) atoms. The third-order valence-corrected chi connectivity index (χ3v) is 13.2. The highest BCUT2D eigenvalue weighted by Gasteiger charge is 2.48. The normalized spacial score (nSPS) is 24.8. The molecule has 9 nitrogen and oxygen atoms in total. The summed E-state index contributed by atoms with van der Waals surface area (Å²) in [6.45, 7) is 14.5. The lowest BCUT2D eigenvalue weighted by molar-refractivity contribution is -0.438. The number of Topliss-reactive ketones (excluding diaryl/α,β-unsaturated/α-hetero) is 1. The van der Waals surface area contributed by atoms with E-state index in [2.05, 4.69) is 141 Å². The van der Waals surface area contributed by atoms with Crippen LogP contribution in [0.1, 0.15) is 153 Å². The summed E-state index contributed by atoms with van der Waals surface area (Å²) in [4.78, 5) is 52.2. The second kappa shape index (κ2) is 22.9. The summed E-state index contributed by atoms with van der Waals surface area (Å²) in [6, 6.07) is 12.5. The molecule has 4 N–H and O–H groups in total. The molecule has 3 atom stereocenters. The minimum absolute atomic E-state index is 0.115. The summed E-state index contributed by atoms with van der Waals surface area (Å²) in [5.74, 6) is -1.09. The van der Waals surface area contributed by atoms with E-state index in [0.29, 0.717) is 57.9 Å². The van der Waals surface area contributed by atoms with E-state index >= 15 is 0 Å². The van der Waals surface area contributed by atoms with Gasteiger partial charge in [-0.25, -0.2) is 0 Å². The number of rotatable bonds is 10. The van der Waals surface area contributed by atoms with Gasteiger partial charge in [-0.05, 0) is 103 Å². The van der Waals surface area contributed by atoms with Crippen molar-refractivity contribution in [2.45, 2.75) is 161 Å². The number of carbonyl (C=O) groups excluding carboxylic acids is 3. The molecule has 0 bridgehead atoms. The molecule has 3 aliphatic heterocycles. The van der Waals surface area contributed by atoms with Crippen LogP contribution in [0.25, 0.3) is 0 Å². The number of nitrogens with zero attached hydrogens (tertiary/aromatic N) is 1. The molecule has 2 amide bonds. The molecule has 0 saturated carbocycles. The van der Waals surface area contributed by atoms with Crippen LogP contribution in [0.4, 0.5) is 11.4 Å². The number of nitrogens with one attached hydrogen (secondary N) is 3. The van der Waals surface area contributed by atoms with Crippen molar-refractivity contribution in [1.29, 1.82) is 0 Å². The number of unbranched alkanes of at least 4 members (excludes halogenated alkanes) is 3. The first-order valence-corrected chi connectivity index (χ1v) is 23.4. The molecule has 9 heteroatoms. The molecule has 0 radical (unpaired) electrons. The topological polar surface area (TPSA) is 128 Å². The zero-order chi connectivity index (χ0) is 44.7. The molecule has 2 aromatic carbocycles. The van der Waals surface area contributed by atoms with Gasteiger partial charge in [0.25, 0.3) is 0 Å². The van der Waals surface area contributed by atoms with E-state index in [1.807, 2.05) is 0 Å². The Morgan fingerprint density at radius 1 is 0.823 bits per heavy atom. The van der Waals surface area contributed by atoms with E-state index < -0.39 is 17.4 Å². The highest BCUT2D eigenvalue weighted by Crippen LogP contribution is 2.51. The standard InChI is InChI=1S/C53H72N4O5/c1-7-8-23-40-46(58)25-16-12-15-24-44(51(62)54-34-21-13-20-29-50(60)61)56-49(59)28-19-14-22-35-57-45-33-31-39(3)37-42(45)52(4,5)48(57)27-18-11-9-10-17-26-47-53(40,6)41-36-38(2)30-32-43(41)55-47/h9-11,17-18,26-27,30-33,36-37,40,44H,7-8,12-16,19-25,28-29,34-35H2,1-6H3,(H3,54,56,59,60,61,62)/p+1. The molecule has 5 rings (SSSR count). The van der Waals surface area contributed by atoms with E-state index in [9.17, 15) is 19.2 Å². The fourth-order valence-electron chi connectivity index (χ4n) is 9.59. The van der Waals surface area contributed by atoms with E-state index in [1.54, 1.807) is 0 Å². The van der Waals surface area contributed by atoms with Crippen LogP contribution in [0.2, 0.25) is 0 Å². The van der Waals surface area contributed by atoms with Crippen molar-refractivity contribution in [1.82, 2.24) is 10.6 Å². The second-order valence-electron chi connectivity index (χ2n) is 18.5. The smallest absolute Gasteiger partial charge is 0.303 e. The quantitative estimate of drug-likeness (QED) is 0.139. The summed E-state index contributed by atoms with van der Waals surface area (Å²) in [6.07, 6.45) is 25.6. The first kappa shape index (κ1) is 48.0. The molecular weight excluding hydrogens is 773 g/mol. The largest absolute Gasteiger partial charge is 0.481 e. The minimum atomic E-state index is -0.816. The lowest BCUT2D eigenvalue weighted by atomic mass is 9.66. The molecule has 3 heterocycles. The fraction of sp³-hybridized carbons (Fsp3) is 0.528. The number of carboxylic acids is 1. The van der Waals surface area contributed by atoms with Crippen LogP contribution in [-0.2, 0) is 30.0 Å². The third-order valence-electron chi connectivity index (χ3n) is 13.2. The van der Waals surface area contributed by atoms with E-state index in [-0.39, 0.29) is 35.4 Å². The predicted octanol–water partition coefficient (Wildman–Crippen LogP) is 10.8. The van der Waals surface area contributed by atoms with Gasteiger partial charge in [0.1, 0.15) is 18.4 Å². The van der Waals surface area contributed by atoms with Gasteiger partial charge in [0, 0.05) is 72.7 Å². The van der Waals surface area contributed by atoms with Crippen LogP contribution in [-0.4, -0.2) is 58.1 Å². The first-order chi connectivity index (χ1) is 29.8. The Balaban J connectivity index is 1.42. The molecule has 3 unspecified atom stereocenters. The molecule has 0 aromatic heterocycles. The number of carbonyl (C=O) groups is 4. The first-order valence-electron chi connectivity index (χ1n) is 23.4. The SMILES string of the molecule is CCCCC1C(=O)CCCCCC(C(=O)NCCCCCC(=O)O)NC(=O)CCCCC[N+]2=C(/C=C/C=C/C=C/C=C3\Nc4ccc(C)cc4C31C)C(C)(C)c1cc(C)ccc12. The summed E-state index contributed by atoms with van der Waals surface area (Å²) in [5, 5.41) is 18.7. The minimum Gasteiger partial charge on any atom is -0.481 e. The maximum atomic E-state index is 14.4. The summed E-state index contributed by atoms with van der Waals surface area (Å²) < 4.78 is 2.44. The Bertz CT molecular complexity index is 2070. The molecule has 2 aromatic rings. The van der Waals surface area contributed by atoms with Crippen LogP contribution in [0.5, 0.6) is 0 Å². The molecule has 0 fully saturated rings.